The van der Waals surface area contributed by atoms with Crippen LogP contribution in [0.4, 0.5) is 0 Å². The first-order valence-electron chi connectivity index (χ1n) is 16.9. The summed E-state index contributed by atoms with van der Waals surface area (Å²) in [6.45, 7) is 0.382. The quantitative estimate of drug-likeness (QED) is 0.0639. The Morgan fingerprint density at radius 3 is 2.18 bits per heavy atom. The smallest absolute Gasteiger partial charge is 0.336 e. The minimum Gasteiger partial charge on any atom is -0.481 e. The number of ether oxygens (including phenoxy) is 2. The van der Waals surface area contributed by atoms with Crippen molar-refractivity contribution < 1.29 is 39.2 Å². The predicted octanol–water partition coefficient (Wildman–Crippen LogP) is 7.92. The molecule has 0 saturated carbocycles. The fraction of sp³-hybridized carbons (Fsp3) is 0.325. The zero-order valence-corrected chi connectivity index (χ0v) is 28.6. The molecule has 0 aliphatic carbocycles. The number of carboxylic acids is 2. The molecule has 1 amide bonds. The van der Waals surface area contributed by atoms with Gasteiger partial charge in [-0.1, -0.05) is 91.7 Å². The number of aliphatic hydroxyl groups is 1. The van der Waals surface area contributed by atoms with Crippen molar-refractivity contribution in [1.82, 2.24) is 5.32 Å². The summed E-state index contributed by atoms with van der Waals surface area (Å²) in [7, 11) is 0. The monoisotopic (exact) mass is 697 g/mol. The summed E-state index contributed by atoms with van der Waals surface area (Å²) in [5.41, 5.74) is 5.93. The summed E-state index contributed by atoms with van der Waals surface area (Å²) in [6.07, 6.45) is 3.08. The Morgan fingerprint density at radius 1 is 0.740 bits per heavy atom. The fourth-order valence-corrected chi connectivity index (χ4v) is 6.94. The minimum atomic E-state index is -0.964. The maximum absolute atomic E-state index is 12.4. The Hall–Kier alpha value is -4.48. The molecule has 9 nitrogen and oxygen atoms in total. The Labute approximate surface area is 296 Å². The van der Waals surface area contributed by atoms with Crippen molar-refractivity contribution in [2.45, 2.75) is 81.5 Å². The zero-order valence-electron chi connectivity index (χ0n) is 27.8. The van der Waals surface area contributed by atoms with E-state index in [-0.39, 0.29) is 36.7 Å². The van der Waals surface area contributed by atoms with Gasteiger partial charge in [-0.3, -0.25) is 9.59 Å². The molecule has 50 heavy (non-hydrogen) atoms. The molecule has 262 valence electrons. The Bertz CT molecular complexity index is 1730. The van der Waals surface area contributed by atoms with Gasteiger partial charge in [0, 0.05) is 42.0 Å². The zero-order chi connectivity index (χ0) is 35.3. The lowest BCUT2D eigenvalue weighted by atomic mass is 9.99. The van der Waals surface area contributed by atoms with Crippen LogP contribution in [0.25, 0.3) is 11.1 Å². The van der Waals surface area contributed by atoms with Crippen LogP contribution in [0.2, 0.25) is 0 Å². The van der Waals surface area contributed by atoms with Gasteiger partial charge in [-0.05, 0) is 58.9 Å². The number of unbranched alkanes of at least 4 members (excludes halogenated alkanes) is 3. The van der Waals surface area contributed by atoms with Crippen LogP contribution in [0.5, 0.6) is 0 Å². The van der Waals surface area contributed by atoms with Gasteiger partial charge in [0.05, 0.1) is 24.4 Å². The third kappa shape index (κ3) is 10.8. The first-order valence-corrected chi connectivity index (χ1v) is 17.9. The molecule has 0 spiro atoms. The number of rotatable bonds is 17. The topological polar surface area (TPSA) is 142 Å². The summed E-state index contributed by atoms with van der Waals surface area (Å²) in [4.78, 5) is 35.4. The van der Waals surface area contributed by atoms with Gasteiger partial charge in [0.15, 0.2) is 6.29 Å². The number of amides is 1. The number of nitrogens with one attached hydrogen (secondary N) is 1. The normalized spacial score (nSPS) is 17.3. The van der Waals surface area contributed by atoms with Gasteiger partial charge in [-0.15, -0.1) is 11.8 Å². The number of carbonyl (C=O) groups is 3. The number of thioether (sulfide) groups is 1. The molecular formula is C40H43NO8S. The highest BCUT2D eigenvalue weighted by Crippen LogP contribution is 2.40. The van der Waals surface area contributed by atoms with Crippen LogP contribution >= 0.6 is 11.8 Å². The molecule has 3 atom stereocenters. The van der Waals surface area contributed by atoms with E-state index in [4.69, 9.17) is 14.6 Å². The first kappa shape index (κ1) is 36.8. The Morgan fingerprint density at radius 2 is 1.46 bits per heavy atom. The number of benzene rings is 4. The molecular weight excluding hydrogens is 655 g/mol. The van der Waals surface area contributed by atoms with Crippen LogP contribution in [0.3, 0.4) is 0 Å². The predicted molar refractivity (Wildman–Crippen MR) is 192 cm³/mol. The van der Waals surface area contributed by atoms with Crippen LogP contribution in [0.15, 0.2) is 102 Å². The number of aromatic carboxylic acids is 1. The van der Waals surface area contributed by atoms with Gasteiger partial charge in [0.1, 0.15) is 0 Å². The molecule has 4 aromatic carbocycles. The molecule has 5 rings (SSSR count). The van der Waals surface area contributed by atoms with E-state index < -0.39 is 18.2 Å². The second-order valence-corrected chi connectivity index (χ2v) is 13.4. The van der Waals surface area contributed by atoms with Gasteiger partial charge in [-0.2, -0.15) is 0 Å². The van der Waals surface area contributed by atoms with Gasteiger partial charge in [0.25, 0.3) is 0 Å². The average molecular weight is 698 g/mol. The SMILES string of the molecule is O=C(O)CCCCCCC(=O)NCc1cccc(-c2ccc(C3OC(CSc4ccccc4C(=O)O)CC(c4ccc(CO)cc4)O3)cc2)c1. The number of aliphatic carboxylic acids is 1. The lowest BCUT2D eigenvalue weighted by Crippen LogP contribution is -2.31. The highest BCUT2D eigenvalue weighted by atomic mass is 32.2. The number of hydrogen-bond acceptors (Lipinski definition) is 7. The van der Waals surface area contributed by atoms with Crippen molar-refractivity contribution in [1.29, 1.82) is 0 Å². The van der Waals surface area contributed by atoms with Crippen molar-refractivity contribution in [2.75, 3.05) is 5.75 Å². The number of hydrogen-bond donors (Lipinski definition) is 4. The lowest BCUT2D eigenvalue weighted by molar-refractivity contribution is -0.245. The molecule has 1 aliphatic rings. The van der Waals surface area contributed by atoms with Gasteiger partial charge < -0.3 is 30.1 Å². The molecule has 1 saturated heterocycles. The van der Waals surface area contributed by atoms with E-state index in [0.717, 1.165) is 52.6 Å². The largest absolute Gasteiger partial charge is 0.481 e. The molecule has 1 heterocycles. The molecule has 1 fully saturated rings. The highest BCUT2D eigenvalue weighted by molar-refractivity contribution is 7.99. The van der Waals surface area contributed by atoms with Crippen molar-refractivity contribution in [3.8, 4) is 11.1 Å². The van der Waals surface area contributed by atoms with Crippen LogP contribution in [0, 0.1) is 0 Å². The molecule has 0 aromatic heterocycles. The molecule has 0 radical (unpaired) electrons. The second-order valence-electron chi connectivity index (χ2n) is 12.4. The van der Waals surface area contributed by atoms with Gasteiger partial charge in [0.2, 0.25) is 5.91 Å². The summed E-state index contributed by atoms with van der Waals surface area (Å²) in [5.74, 6) is -1.22. The van der Waals surface area contributed by atoms with E-state index >= 15 is 0 Å². The average Bonchev–Trinajstić information content (AvgIpc) is 3.14. The van der Waals surface area contributed by atoms with Crippen molar-refractivity contribution >= 4 is 29.6 Å². The second kappa shape index (κ2) is 18.5. The van der Waals surface area contributed by atoms with Crippen LogP contribution < -0.4 is 5.32 Å². The summed E-state index contributed by atoms with van der Waals surface area (Å²) >= 11 is 1.46. The van der Waals surface area contributed by atoms with Crippen LogP contribution in [-0.4, -0.2) is 45.0 Å². The number of aliphatic hydroxyl groups excluding tert-OH is 1. The van der Waals surface area contributed by atoms with Gasteiger partial charge >= 0.3 is 11.9 Å². The van der Waals surface area contributed by atoms with Crippen molar-refractivity contribution in [3.05, 3.63) is 125 Å². The summed E-state index contributed by atoms with van der Waals surface area (Å²) in [5, 5.41) is 30.9. The standard InChI is InChI=1S/C40H43NO8S/c42-25-27-14-16-30(17-15-27)35-23-33(26-50-36-11-6-5-10-34(36)39(46)47)48-40(49-35)31-20-18-29(19-21-31)32-9-7-8-28(22-32)24-41-37(43)12-3-1-2-4-13-38(44)45/h5-11,14-22,33,35,40,42H,1-4,12-13,23-26H2,(H,41,43)(H,44,45)(H,46,47). The molecule has 0 bridgehead atoms. The molecule has 1 aliphatic heterocycles. The lowest BCUT2D eigenvalue weighted by Gasteiger charge is -2.36. The van der Waals surface area contributed by atoms with Crippen LogP contribution in [-0.2, 0) is 32.2 Å². The highest BCUT2D eigenvalue weighted by Gasteiger charge is 2.32. The Kier molecular flexibility index (Phi) is 13.6. The van der Waals surface area contributed by atoms with E-state index in [0.29, 0.717) is 36.5 Å². The Balaban J connectivity index is 1.22. The minimum absolute atomic E-state index is 0.0177. The van der Waals surface area contributed by atoms with E-state index in [2.05, 4.69) is 11.4 Å². The van der Waals surface area contributed by atoms with E-state index in [1.54, 1.807) is 12.1 Å². The summed E-state index contributed by atoms with van der Waals surface area (Å²) < 4.78 is 13.0. The maximum atomic E-state index is 12.4. The van der Waals surface area contributed by atoms with Crippen molar-refractivity contribution in [2.24, 2.45) is 0 Å². The van der Waals surface area contributed by atoms with E-state index in [9.17, 15) is 24.6 Å². The fourth-order valence-electron chi connectivity index (χ4n) is 5.87. The first-order chi connectivity index (χ1) is 24.3. The number of carboxylic acid groups (broad SMARTS) is 2. The molecule has 4 aromatic rings. The summed E-state index contributed by atoms with van der Waals surface area (Å²) in [6, 6.07) is 30.7. The maximum Gasteiger partial charge on any atom is 0.336 e. The molecule has 4 N–H and O–H groups in total. The van der Waals surface area contributed by atoms with E-state index in [1.165, 1.54) is 11.8 Å². The third-order valence-electron chi connectivity index (χ3n) is 8.63. The molecule has 10 heteroatoms. The van der Waals surface area contributed by atoms with Crippen LogP contribution in [0.1, 0.15) is 90.0 Å². The van der Waals surface area contributed by atoms with Crippen molar-refractivity contribution in [3.63, 3.8) is 0 Å². The molecule has 3 unspecified atom stereocenters. The third-order valence-corrected chi connectivity index (χ3v) is 9.84. The van der Waals surface area contributed by atoms with Gasteiger partial charge in [-0.25, -0.2) is 4.79 Å². The van der Waals surface area contributed by atoms with E-state index in [1.807, 2.05) is 78.9 Å². The number of carbonyl (C=O) groups excluding carboxylic acids is 1.